The van der Waals surface area contributed by atoms with Crippen LogP contribution in [0.5, 0.6) is 17.2 Å². The van der Waals surface area contributed by atoms with E-state index >= 15 is 0 Å². The molecular weight excluding hydrogens is 368 g/mol. The molecule has 1 unspecified atom stereocenters. The lowest BCUT2D eigenvalue weighted by Crippen LogP contribution is -3.10. The van der Waals surface area contributed by atoms with Gasteiger partial charge in [-0.05, 0) is 37.1 Å². The highest BCUT2D eigenvalue weighted by Crippen LogP contribution is 2.46. The Bertz CT molecular complexity index is 834. The molecule has 2 aromatic carbocycles. The van der Waals surface area contributed by atoms with Crippen molar-refractivity contribution in [3.63, 3.8) is 0 Å². The summed E-state index contributed by atoms with van der Waals surface area (Å²) in [6.45, 7) is 1.68. The molecule has 0 saturated heterocycles. The molecule has 1 fully saturated rings. The maximum atomic E-state index is 12.4. The van der Waals surface area contributed by atoms with Gasteiger partial charge in [-0.3, -0.25) is 4.79 Å². The number of carbonyl (C=O) groups excluding carboxylic acids is 1. The number of hydrogen-bond acceptors (Lipinski definition) is 4. The third-order valence-corrected chi connectivity index (χ3v) is 5.44. The van der Waals surface area contributed by atoms with Crippen LogP contribution in [0.3, 0.4) is 0 Å². The lowest BCUT2D eigenvalue weighted by Gasteiger charge is -2.31. The quantitative estimate of drug-likeness (QED) is 0.754. The van der Waals surface area contributed by atoms with Crippen molar-refractivity contribution in [1.29, 1.82) is 0 Å². The van der Waals surface area contributed by atoms with E-state index in [-0.39, 0.29) is 5.91 Å². The van der Waals surface area contributed by atoms with E-state index in [9.17, 15) is 4.79 Å². The minimum Gasteiger partial charge on any atom is -0.488 e. The van der Waals surface area contributed by atoms with Crippen LogP contribution in [0.1, 0.15) is 32.1 Å². The van der Waals surface area contributed by atoms with Crippen molar-refractivity contribution in [2.75, 3.05) is 32.1 Å². The van der Waals surface area contributed by atoms with Gasteiger partial charge in [-0.1, -0.05) is 24.6 Å². The molecule has 2 aliphatic rings. The predicted molar refractivity (Wildman–Crippen MR) is 111 cm³/mol. The van der Waals surface area contributed by atoms with Crippen LogP contribution in [0.4, 0.5) is 5.69 Å². The summed E-state index contributed by atoms with van der Waals surface area (Å²) in [6.07, 6.45) is 5.32. The molecule has 0 bridgehead atoms. The van der Waals surface area contributed by atoms with Gasteiger partial charge in [0, 0.05) is 24.6 Å². The number of anilines is 1. The van der Waals surface area contributed by atoms with Gasteiger partial charge in [0.15, 0.2) is 18.0 Å². The highest BCUT2D eigenvalue weighted by molar-refractivity contribution is 5.91. The number of ether oxygens (including phenoxy) is 3. The topological polar surface area (TPSA) is 61.2 Å². The first-order valence-electron chi connectivity index (χ1n) is 10.4. The molecule has 1 aliphatic carbocycles. The average molecular weight is 397 g/mol. The van der Waals surface area contributed by atoms with Crippen LogP contribution >= 0.6 is 0 Å². The van der Waals surface area contributed by atoms with E-state index in [1.807, 2.05) is 55.6 Å². The summed E-state index contributed by atoms with van der Waals surface area (Å²) in [4.78, 5) is 13.5. The van der Waals surface area contributed by atoms with Crippen LogP contribution in [0.2, 0.25) is 0 Å². The number of quaternary nitrogens is 1. The van der Waals surface area contributed by atoms with Crippen molar-refractivity contribution in [1.82, 2.24) is 0 Å². The van der Waals surface area contributed by atoms with Gasteiger partial charge in [0.25, 0.3) is 11.7 Å². The zero-order valence-corrected chi connectivity index (χ0v) is 16.9. The van der Waals surface area contributed by atoms with Crippen molar-refractivity contribution in [3.05, 3.63) is 48.5 Å². The maximum Gasteiger partial charge on any atom is 0.279 e. The lowest BCUT2D eigenvalue weighted by molar-refractivity contribution is -0.871. The van der Waals surface area contributed by atoms with E-state index in [0.29, 0.717) is 13.2 Å². The molecule has 154 valence electrons. The molecule has 2 N–H and O–H groups in total. The average Bonchev–Trinajstić information content (AvgIpc) is 3.05. The van der Waals surface area contributed by atoms with Crippen LogP contribution in [0, 0.1) is 0 Å². The Balaban J connectivity index is 1.24. The molecule has 4 rings (SSSR count). The molecule has 1 heterocycles. The third kappa shape index (κ3) is 5.01. The Morgan fingerprint density at radius 3 is 2.62 bits per heavy atom. The van der Waals surface area contributed by atoms with Crippen molar-refractivity contribution in [3.8, 4) is 17.2 Å². The molecule has 1 saturated carbocycles. The highest BCUT2D eigenvalue weighted by Gasteiger charge is 2.42. The van der Waals surface area contributed by atoms with Gasteiger partial charge in [0.1, 0.15) is 18.9 Å². The Kier molecular flexibility index (Phi) is 5.90. The zero-order valence-electron chi connectivity index (χ0n) is 16.9. The number of benzene rings is 2. The summed E-state index contributed by atoms with van der Waals surface area (Å²) in [5.74, 6) is 1.81. The second-order valence-electron chi connectivity index (χ2n) is 7.93. The Hall–Kier alpha value is -2.73. The molecule has 0 aromatic heterocycles. The zero-order chi connectivity index (χ0) is 20.1. The van der Waals surface area contributed by atoms with Crippen molar-refractivity contribution in [2.45, 2.75) is 37.9 Å². The monoisotopic (exact) mass is 397 g/mol. The predicted octanol–water partition coefficient (Wildman–Crippen LogP) is 2.65. The Morgan fingerprint density at radius 2 is 1.83 bits per heavy atom. The third-order valence-electron chi connectivity index (χ3n) is 5.44. The summed E-state index contributed by atoms with van der Waals surface area (Å²) in [7, 11) is 1.99. The van der Waals surface area contributed by atoms with Gasteiger partial charge in [-0.2, -0.15) is 0 Å². The number of carbonyl (C=O) groups is 1. The number of amides is 1. The Morgan fingerprint density at radius 1 is 1.07 bits per heavy atom. The summed E-state index contributed by atoms with van der Waals surface area (Å²) in [5.41, 5.74) is 0.735. The molecular formula is C23H29N2O4+. The van der Waals surface area contributed by atoms with E-state index < -0.39 is 5.79 Å². The van der Waals surface area contributed by atoms with Crippen LogP contribution in [0.25, 0.3) is 0 Å². The number of rotatable bonds is 7. The summed E-state index contributed by atoms with van der Waals surface area (Å²) in [5, 5.41) is 2.97. The fraction of sp³-hybridized carbons (Fsp3) is 0.435. The van der Waals surface area contributed by atoms with Gasteiger partial charge in [-0.25, -0.2) is 0 Å². The Labute approximate surface area is 171 Å². The number of likely N-dealkylation sites (N-methyl/N-ethyl adjacent to an activating group) is 1. The van der Waals surface area contributed by atoms with Crippen molar-refractivity contribution in [2.24, 2.45) is 0 Å². The first-order chi connectivity index (χ1) is 14.1. The summed E-state index contributed by atoms with van der Waals surface area (Å²) in [6, 6.07) is 15.3. The molecule has 2 aromatic rings. The van der Waals surface area contributed by atoms with Crippen LogP contribution in [-0.4, -0.2) is 38.4 Å². The van der Waals surface area contributed by atoms with E-state index in [4.69, 9.17) is 14.2 Å². The highest BCUT2D eigenvalue weighted by atomic mass is 16.7. The number of para-hydroxylation sites is 1. The van der Waals surface area contributed by atoms with E-state index in [1.165, 1.54) is 6.42 Å². The maximum absolute atomic E-state index is 12.4. The standard InChI is InChI=1S/C23H28N2O4/c1-25(14-15-27-19-8-4-2-5-9-19)17-22(26)24-18-10-11-20-21(16-18)29-23(28-20)12-6-3-7-13-23/h2,4-5,8-11,16H,3,6-7,12-15,17H2,1H3,(H,24,26)/p+1. The molecule has 1 atom stereocenters. The number of nitrogens with one attached hydrogen (secondary N) is 2. The van der Waals surface area contributed by atoms with Crippen molar-refractivity contribution >= 4 is 11.6 Å². The van der Waals surface area contributed by atoms with Gasteiger partial charge in [0.2, 0.25) is 0 Å². The van der Waals surface area contributed by atoms with E-state index in [0.717, 1.165) is 60.1 Å². The SMILES string of the molecule is C[NH+](CCOc1ccccc1)CC(=O)Nc1ccc2c(c1)OC1(CCCCC1)O2. The van der Waals surface area contributed by atoms with Gasteiger partial charge in [0.05, 0.1) is 7.05 Å². The van der Waals surface area contributed by atoms with Crippen molar-refractivity contribution < 1.29 is 23.9 Å². The van der Waals surface area contributed by atoms with Gasteiger partial charge in [-0.15, -0.1) is 0 Å². The van der Waals surface area contributed by atoms with Crippen LogP contribution in [0.15, 0.2) is 48.5 Å². The largest absolute Gasteiger partial charge is 0.488 e. The normalized spacial score (nSPS) is 17.7. The molecule has 1 aliphatic heterocycles. The molecule has 29 heavy (non-hydrogen) atoms. The second kappa shape index (κ2) is 8.74. The number of fused-ring (bicyclic) bond motifs is 1. The molecule has 6 heteroatoms. The fourth-order valence-corrected chi connectivity index (χ4v) is 3.89. The fourth-order valence-electron chi connectivity index (χ4n) is 3.89. The molecule has 1 spiro atoms. The number of hydrogen-bond donors (Lipinski definition) is 2. The first kappa shape index (κ1) is 19.6. The molecule has 0 radical (unpaired) electrons. The van der Waals surface area contributed by atoms with Gasteiger partial charge >= 0.3 is 0 Å². The minimum absolute atomic E-state index is 0.0338. The van der Waals surface area contributed by atoms with E-state index in [2.05, 4.69) is 5.32 Å². The first-order valence-corrected chi connectivity index (χ1v) is 10.4. The lowest BCUT2D eigenvalue weighted by atomic mass is 9.94. The summed E-state index contributed by atoms with van der Waals surface area (Å²) < 4.78 is 17.9. The summed E-state index contributed by atoms with van der Waals surface area (Å²) >= 11 is 0. The smallest absolute Gasteiger partial charge is 0.279 e. The van der Waals surface area contributed by atoms with Crippen LogP contribution in [-0.2, 0) is 4.79 Å². The molecule has 6 nitrogen and oxygen atoms in total. The van der Waals surface area contributed by atoms with Gasteiger partial charge < -0.3 is 24.4 Å². The van der Waals surface area contributed by atoms with Crippen LogP contribution < -0.4 is 24.4 Å². The minimum atomic E-state index is -0.494. The second-order valence-corrected chi connectivity index (χ2v) is 7.93. The molecule has 1 amide bonds. The van der Waals surface area contributed by atoms with E-state index in [1.54, 1.807) is 0 Å².